The smallest absolute Gasteiger partial charge is 0.0477 e. The van der Waals surface area contributed by atoms with Gasteiger partial charge in [0, 0.05) is 26.3 Å². The highest BCUT2D eigenvalue weighted by Crippen LogP contribution is 2.07. The predicted octanol–water partition coefficient (Wildman–Crippen LogP) is 0.446. The molecule has 1 unspecified atom stereocenters. The van der Waals surface area contributed by atoms with Crippen LogP contribution in [0.5, 0.6) is 0 Å². The molecule has 0 spiro atoms. The first-order valence-electron chi connectivity index (χ1n) is 4.80. The Labute approximate surface area is 74.9 Å². The van der Waals surface area contributed by atoms with Crippen LogP contribution in [0.1, 0.15) is 19.3 Å². The van der Waals surface area contributed by atoms with Gasteiger partial charge in [-0.05, 0) is 32.4 Å². The summed E-state index contributed by atoms with van der Waals surface area (Å²) in [5.74, 6) is 0. The molecule has 1 aliphatic rings. The van der Waals surface area contributed by atoms with E-state index in [2.05, 4.69) is 4.90 Å². The van der Waals surface area contributed by atoms with Gasteiger partial charge in [-0.3, -0.25) is 0 Å². The van der Waals surface area contributed by atoms with Gasteiger partial charge in [0.25, 0.3) is 0 Å². The molecular weight excluding hydrogens is 152 g/mol. The zero-order valence-corrected chi connectivity index (χ0v) is 7.96. The molecule has 1 heterocycles. The van der Waals surface area contributed by atoms with Crippen LogP contribution >= 0.6 is 0 Å². The molecule has 0 aliphatic carbocycles. The molecule has 3 heteroatoms. The predicted molar refractivity (Wildman–Crippen MR) is 50.1 cm³/mol. The molecule has 0 aromatic rings. The van der Waals surface area contributed by atoms with Crippen molar-refractivity contribution in [2.24, 2.45) is 5.73 Å². The summed E-state index contributed by atoms with van der Waals surface area (Å²) in [6, 6.07) is 0.294. The van der Waals surface area contributed by atoms with Gasteiger partial charge >= 0.3 is 0 Å². The first-order chi connectivity index (χ1) is 5.83. The molecule has 12 heavy (non-hydrogen) atoms. The zero-order valence-electron chi connectivity index (χ0n) is 7.96. The molecule has 72 valence electrons. The van der Waals surface area contributed by atoms with Gasteiger partial charge in [-0.1, -0.05) is 0 Å². The molecule has 0 radical (unpaired) electrons. The summed E-state index contributed by atoms with van der Waals surface area (Å²) >= 11 is 0. The Hall–Kier alpha value is -0.120. The zero-order chi connectivity index (χ0) is 8.81. The lowest BCUT2D eigenvalue weighted by atomic mass is 10.2. The number of hydrogen-bond donors (Lipinski definition) is 1. The number of nitrogens with zero attached hydrogens (tertiary/aromatic N) is 1. The molecule has 0 amide bonds. The van der Waals surface area contributed by atoms with Gasteiger partial charge in [-0.2, -0.15) is 0 Å². The van der Waals surface area contributed by atoms with E-state index >= 15 is 0 Å². The minimum Gasteiger partial charge on any atom is -0.385 e. The summed E-state index contributed by atoms with van der Waals surface area (Å²) in [7, 11) is 1.72. The van der Waals surface area contributed by atoms with Crippen molar-refractivity contribution in [3.05, 3.63) is 0 Å². The maximum atomic E-state index is 5.92. The molecule has 1 saturated heterocycles. The van der Waals surface area contributed by atoms with Crippen molar-refractivity contribution < 1.29 is 4.74 Å². The third-order valence-corrected chi connectivity index (χ3v) is 2.38. The van der Waals surface area contributed by atoms with Crippen molar-refractivity contribution in [3.8, 4) is 0 Å². The normalized spacial score (nSPS) is 21.5. The molecule has 0 aromatic heterocycles. The van der Waals surface area contributed by atoms with Crippen LogP contribution in [0.4, 0.5) is 0 Å². The standard InChI is InChI=1S/C9H20N2O/c1-12-7-4-9(10)8-11-5-2-3-6-11/h9H,2-8,10H2,1H3. The lowest BCUT2D eigenvalue weighted by molar-refractivity contribution is 0.179. The van der Waals surface area contributed by atoms with Crippen molar-refractivity contribution >= 4 is 0 Å². The molecule has 0 aromatic carbocycles. The van der Waals surface area contributed by atoms with Crippen LogP contribution in [-0.4, -0.2) is 44.3 Å². The van der Waals surface area contributed by atoms with Gasteiger partial charge in [0.05, 0.1) is 0 Å². The Morgan fingerprint density at radius 1 is 1.42 bits per heavy atom. The number of hydrogen-bond acceptors (Lipinski definition) is 3. The fourth-order valence-electron chi connectivity index (χ4n) is 1.66. The van der Waals surface area contributed by atoms with Crippen LogP contribution in [0.15, 0.2) is 0 Å². The molecular formula is C9H20N2O. The van der Waals surface area contributed by atoms with E-state index in [0.717, 1.165) is 19.6 Å². The first-order valence-corrected chi connectivity index (χ1v) is 4.80. The van der Waals surface area contributed by atoms with Crippen molar-refractivity contribution in [3.63, 3.8) is 0 Å². The maximum Gasteiger partial charge on any atom is 0.0477 e. The highest BCUT2D eigenvalue weighted by Gasteiger charge is 2.14. The van der Waals surface area contributed by atoms with E-state index in [9.17, 15) is 0 Å². The summed E-state index contributed by atoms with van der Waals surface area (Å²) in [6.07, 6.45) is 3.67. The van der Waals surface area contributed by atoms with Gasteiger partial charge in [0.1, 0.15) is 0 Å². The fraction of sp³-hybridized carbons (Fsp3) is 1.00. The van der Waals surface area contributed by atoms with Crippen LogP contribution in [0.3, 0.4) is 0 Å². The third-order valence-electron chi connectivity index (χ3n) is 2.38. The van der Waals surface area contributed by atoms with Crippen LogP contribution in [0.2, 0.25) is 0 Å². The summed E-state index contributed by atoms with van der Waals surface area (Å²) in [6.45, 7) is 4.31. The second-order valence-electron chi connectivity index (χ2n) is 3.55. The van der Waals surface area contributed by atoms with Gasteiger partial charge in [0.2, 0.25) is 0 Å². The number of rotatable bonds is 5. The Balaban J connectivity index is 2.03. The minimum absolute atomic E-state index is 0.294. The summed E-state index contributed by atoms with van der Waals surface area (Å²) in [5.41, 5.74) is 5.92. The molecule has 2 N–H and O–H groups in total. The monoisotopic (exact) mass is 172 g/mol. The highest BCUT2D eigenvalue weighted by atomic mass is 16.5. The lowest BCUT2D eigenvalue weighted by Crippen LogP contribution is -2.36. The van der Waals surface area contributed by atoms with E-state index in [1.54, 1.807) is 7.11 Å². The average molecular weight is 172 g/mol. The van der Waals surface area contributed by atoms with Crippen molar-refractivity contribution in [2.45, 2.75) is 25.3 Å². The maximum absolute atomic E-state index is 5.92. The number of nitrogens with two attached hydrogens (primary N) is 1. The topological polar surface area (TPSA) is 38.5 Å². The summed E-state index contributed by atoms with van der Waals surface area (Å²) in [5, 5.41) is 0. The first kappa shape index (κ1) is 9.96. The third kappa shape index (κ3) is 3.52. The highest BCUT2D eigenvalue weighted by molar-refractivity contribution is 4.72. The Morgan fingerprint density at radius 2 is 2.08 bits per heavy atom. The molecule has 1 atom stereocenters. The molecule has 0 bridgehead atoms. The lowest BCUT2D eigenvalue weighted by Gasteiger charge is -2.19. The van der Waals surface area contributed by atoms with E-state index in [4.69, 9.17) is 10.5 Å². The summed E-state index contributed by atoms with van der Waals surface area (Å²) in [4.78, 5) is 2.44. The van der Waals surface area contributed by atoms with Crippen LogP contribution in [-0.2, 0) is 4.74 Å². The Bertz CT molecular complexity index is 113. The van der Waals surface area contributed by atoms with E-state index in [1.165, 1.54) is 25.9 Å². The van der Waals surface area contributed by atoms with Gasteiger partial charge < -0.3 is 15.4 Å². The van der Waals surface area contributed by atoms with E-state index < -0.39 is 0 Å². The van der Waals surface area contributed by atoms with Crippen LogP contribution in [0.25, 0.3) is 0 Å². The SMILES string of the molecule is COCCC(N)CN1CCCC1. The van der Waals surface area contributed by atoms with E-state index in [1.807, 2.05) is 0 Å². The van der Waals surface area contributed by atoms with E-state index in [0.29, 0.717) is 6.04 Å². The van der Waals surface area contributed by atoms with Crippen molar-refractivity contribution in [1.29, 1.82) is 0 Å². The fourth-order valence-corrected chi connectivity index (χ4v) is 1.66. The Kier molecular flexibility index (Phi) is 4.58. The van der Waals surface area contributed by atoms with Crippen LogP contribution in [0, 0.1) is 0 Å². The second kappa shape index (κ2) is 5.51. The quantitative estimate of drug-likeness (QED) is 0.654. The van der Waals surface area contributed by atoms with Crippen molar-refractivity contribution in [1.82, 2.24) is 4.90 Å². The summed E-state index contributed by atoms with van der Waals surface area (Å²) < 4.78 is 4.98. The van der Waals surface area contributed by atoms with Gasteiger partial charge in [-0.25, -0.2) is 0 Å². The molecule has 1 aliphatic heterocycles. The number of ether oxygens (including phenoxy) is 1. The van der Waals surface area contributed by atoms with Gasteiger partial charge in [-0.15, -0.1) is 0 Å². The number of likely N-dealkylation sites (tertiary alicyclic amines) is 1. The molecule has 0 saturated carbocycles. The minimum atomic E-state index is 0.294. The van der Waals surface area contributed by atoms with Crippen LogP contribution < -0.4 is 5.73 Å². The Morgan fingerprint density at radius 3 is 2.67 bits per heavy atom. The molecule has 1 fully saturated rings. The average Bonchev–Trinajstić information content (AvgIpc) is 2.53. The molecule has 3 nitrogen and oxygen atoms in total. The largest absolute Gasteiger partial charge is 0.385 e. The van der Waals surface area contributed by atoms with Gasteiger partial charge in [0.15, 0.2) is 0 Å². The van der Waals surface area contributed by atoms with Crippen molar-refractivity contribution in [2.75, 3.05) is 33.4 Å². The second-order valence-corrected chi connectivity index (χ2v) is 3.55. The molecule has 1 rings (SSSR count). The number of methoxy groups -OCH3 is 1. The van der Waals surface area contributed by atoms with E-state index in [-0.39, 0.29) is 0 Å².